The molecule has 1 unspecified atom stereocenters. The first-order valence-corrected chi connectivity index (χ1v) is 15.2. The molecule has 1 saturated heterocycles. The van der Waals surface area contributed by atoms with Gasteiger partial charge in [0.1, 0.15) is 12.4 Å². The van der Waals surface area contributed by atoms with Gasteiger partial charge in [0.25, 0.3) is 0 Å². The van der Waals surface area contributed by atoms with Crippen LogP contribution in [0.25, 0.3) is 0 Å². The number of benzene rings is 2. The number of nitrogens with zero attached hydrogens (tertiary/aromatic N) is 3. The van der Waals surface area contributed by atoms with E-state index in [1.165, 1.54) is 0 Å². The van der Waals surface area contributed by atoms with Crippen LogP contribution in [0, 0.1) is 5.92 Å². The number of fused-ring (bicyclic) bond motifs is 3. The van der Waals surface area contributed by atoms with Crippen LogP contribution in [-0.2, 0) is 50.5 Å². The Morgan fingerprint density at radius 1 is 1.02 bits per heavy atom. The molecule has 2 aliphatic heterocycles. The molecular formula is C34H38N6O4. The Kier molecular flexibility index (Phi) is 8.18. The lowest BCUT2D eigenvalue weighted by Crippen LogP contribution is -2.45. The van der Waals surface area contributed by atoms with Crippen LogP contribution in [0.3, 0.4) is 0 Å². The quantitative estimate of drug-likeness (QED) is 0.369. The largest absolute Gasteiger partial charge is 0.343 e. The van der Waals surface area contributed by atoms with Crippen LogP contribution < -0.4 is 16.0 Å². The van der Waals surface area contributed by atoms with Gasteiger partial charge in [-0.2, -0.15) is 0 Å². The summed E-state index contributed by atoms with van der Waals surface area (Å²) in [4.78, 5) is 60.0. The van der Waals surface area contributed by atoms with E-state index in [0.717, 1.165) is 27.8 Å². The highest BCUT2D eigenvalue weighted by molar-refractivity contribution is 6.06. The van der Waals surface area contributed by atoms with Crippen molar-refractivity contribution in [3.8, 4) is 0 Å². The number of aromatic nitrogens is 1. The second-order valence-corrected chi connectivity index (χ2v) is 12.1. The Hall–Kier alpha value is -4.57. The number of piperidine rings is 1. The van der Waals surface area contributed by atoms with Crippen LogP contribution in [0.4, 0.5) is 11.5 Å². The van der Waals surface area contributed by atoms with Gasteiger partial charge in [-0.1, -0.05) is 36.4 Å². The summed E-state index contributed by atoms with van der Waals surface area (Å²) in [6, 6.07) is 17.5. The molecule has 1 aliphatic carbocycles. The molecule has 3 heterocycles. The van der Waals surface area contributed by atoms with Crippen LogP contribution in [0.1, 0.15) is 47.6 Å². The van der Waals surface area contributed by atoms with Crippen LogP contribution in [-0.4, -0.2) is 65.1 Å². The number of carbonyl (C=O) groups is 4. The Balaban J connectivity index is 1.18. The monoisotopic (exact) mass is 594 g/mol. The summed E-state index contributed by atoms with van der Waals surface area (Å²) in [5, 5.41) is 9.11. The lowest BCUT2D eigenvalue weighted by Gasteiger charge is -2.34. The number of hydrogen-bond acceptors (Lipinski definition) is 6. The Morgan fingerprint density at radius 2 is 1.77 bits per heavy atom. The van der Waals surface area contributed by atoms with Crippen LogP contribution in [0.5, 0.6) is 0 Å². The Bertz CT molecular complexity index is 1610. The smallest absolute Gasteiger partial charge is 0.244 e. The minimum Gasteiger partial charge on any atom is -0.343 e. The molecule has 6 rings (SSSR count). The number of hydrogen-bond donors (Lipinski definition) is 3. The van der Waals surface area contributed by atoms with E-state index in [4.69, 9.17) is 0 Å². The van der Waals surface area contributed by atoms with Crippen molar-refractivity contribution in [3.63, 3.8) is 0 Å². The van der Waals surface area contributed by atoms with E-state index in [2.05, 4.69) is 20.9 Å². The molecule has 3 N–H and O–H groups in total. The number of pyridine rings is 1. The van der Waals surface area contributed by atoms with Gasteiger partial charge in [-0.05, 0) is 73.2 Å². The van der Waals surface area contributed by atoms with Crippen molar-refractivity contribution in [1.29, 1.82) is 0 Å². The number of anilines is 2. The zero-order valence-corrected chi connectivity index (χ0v) is 25.2. The molecule has 3 aliphatic rings. The highest BCUT2D eigenvalue weighted by Crippen LogP contribution is 2.46. The molecule has 2 aromatic carbocycles. The fraction of sp³-hybridized carbons (Fsp3) is 0.382. The molecule has 10 heteroatoms. The average molecular weight is 595 g/mol. The van der Waals surface area contributed by atoms with E-state index in [0.29, 0.717) is 63.4 Å². The van der Waals surface area contributed by atoms with Gasteiger partial charge in [-0.15, -0.1) is 0 Å². The predicted molar refractivity (Wildman–Crippen MR) is 167 cm³/mol. The third-order valence-corrected chi connectivity index (χ3v) is 9.25. The maximum Gasteiger partial charge on any atom is 0.244 e. The number of rotatable bonds is 8. The Labute approximate surface area is 257 Å². The molecule has 1 spiro atoms. The van der Waals surface area contributed by atoms with Gasteiger partial charge in [0, 0.05) is 56.5 Å². The number of likely N-dealkylation sites (tertiary alicyclic amines) is 1. The zero-order chi connectivity index (χ0) is 30.8. The molecule has 1 aromatic heterocycles. The molecule has 1 atom stereocenters. The summed E-state index contributed by atoms with van der Waals surface area (Å²) in [6.45, 7) is 3.49. The standard InChI is InChI=1S/C34H38N6O4/c1-22(41)39-14-11-23(12-15-39)32(43)40(20-26-7-4-3-6-25(26)19-35-2)21-30(42)37-28-10-9-24-17-34(18-27(24)16-28)29-8-5-13-36-31(29)38-33(34)44/h3-10,13,16,23,35H,11-12,14-15,17-21H2,1-2H3,(H,37,42)(H,36,38,44). The number of amides is 4. The first-order chi connectivity index (χ1) is 21.3. The molecule has 4 amide bonds. The minimum absolute atomic E-state index is 0.0165. The average Bonchev–Trinajstić information content (AvgIpc) is 3.54. The summed E-state index contributed by atoms with van der Waals surface area (Å²) in [6.07, 6.45) is 3.94. The summed E-state index contributed by atoms with van der Waals surface area (Å²) >= 11 is 0. The fourth-order valence-electron chi connectivity index (χ4n) is 6.91. The van der Waals surface area contributed by atoms with E-state index in [1.807, 2.05) is 61.6 Å². The lowest BCUT2D eigenvalue weighted by atomic mass is 9.79. The van der Waals surface area contributed by atoms with Crippen molar-refractivity contribution >= 4 is 35.1 Å². The molecule has 3 aromatic rings. The van der Waals surface area contributed by atoms with Crippen molar-refractivity contribution in [2.24, 2.45) is 5.92 Å². The maximum atomic E-state index is 13.8. The minimum atomic E-state index is -0.684. The van der Waals surface area contributed by atoms with Gasteiger partial charge in [0.05, 0.1) is 5.41 Å². The van der Waals surface area contributed by atoms with Crippen LogP contribution >= 0.6 is 0 Å². The molecule has 0 radical (unpaired) electrons. The van der Waals surface area contributed by atoms with Gasteiger partial charge in [0.15, 0.2) is 0 Å². The summed E-state index contributed by atoms with van der Waals surface area (Å²) in [5.41, 5.74) is 5.00. The molecule has 1 fully saturated rings. The lowest BCUT2D eigenvalue weighted by molar-refractivity contribution is -0.142. The highest BCUT2D eigenvalue weighted by Gasteiger charge is 2.51. The van der Waals surface area contributed by atoms with Gasteiger partial charge in [0.2, 0.25) is 23.6 Å². The van der Waals surface area contributed by atoms with Gasteiger partial charge in [-0.25, -0.2) is 4.98 Å². The second-order valence-electron chi connectivity index (χ2n) is 12.1. The van der Waals surface area contributed by atoms with E-state index < -0.39 is 5.41 Å². The van der Waals surface area contributed by atoms with E-state index in [-0.39, 0.29) is 36.1 Å². The van der Waals surface area contributed by atoms with Crippen LogP contribution in [0.15, 0.2) is 60.8 Å². The molecule has 228 valence electrons. The number of nitrogens with one attached hydrogen (secondary N) is 3. The third kappa shape index (κ3) is 5.69. The molecule has 44 heavy (non-hydrogen) atoms. The van der Waals surface area contributed by atoms with E-state index in [9.17, 15) is 19.2 Å². The van der Waals surface area contributed by atoms with Crippen molar-refractivity contribution in [3.05, 3.63) is 88.6 Å². The molecule has 0 saturated carbocycles. The summed E-state index contributed by atoms with van der Waals surface area (Å²) in [7, 11) is 1.88. The third-order valence-electron chi connectivity index (χ3n) is 9.25. The second kappa shape index (κ2) is 12.2. The van der Waals surface area contributed by atoms with E-state index >= 15 is 0 Å². The first kappa shape index (κ1) is 29.5. The summed E-state index contributed by atoms with van der Waals surface area (Å²) in [5.74, 6) is -0.0186. The van der Waals surface area contributed by atoms with Gasteiger partial charge in [-0.3, -0.25) is 19.2 Å². The van der Waals surface area contributed by atoms with Crippen molar-refractivity contribution in [2.45, 2.75) is 51.1 Å². The number of carbonyl (C=O) groups excluding carboxylic acids is 4. The first-order valence-electron chi connectivity index (χ1n) is 15.2. The summed E-state index contributed by atoms with van der Waals surface area (Å²) < 4.78 is 0. The van der Waals surface area contributed by atoms with Crippen LogP contribution in [0.2, 0.25) is 0 Å². The van der Waals surface area contributed by atoms with Crippen molar-refractivity contribution in [2.75, 3.05) is 37.3 Å². The zero-order valence-electron chi connectivity index (χ0n) is 25.2. The predicted octanol–water partition coefficient (Wildman–Crippen LogP) is 3.02. The van der Waals surface area contributed by atoms with Crippen molar-refractivity contribution < 1.29 is 19.2 Å². The van der Waals surface area contributed by atoms with Crippen molar-refractivity contribution in [1.82, 2.24) is 20.1 Å². The topological polar surface area (TPSA) is 124 Å². The van der Waals surface area contributed by atoms with Gasteiger partial charge >= 0.3 is 0 Å². The fourth-order valence-corrected chi connectivity index (χ4v) is 6.91. The maximum absolute atomic E-state index is 13.8. The van der Waals surface area contributed by atoms with E-state index in [1.54, 1.807) is 22.9 Å². The Morgan fingerprint density at radius 3 is 2.52 bits per heavy atom. The highest BCUT2D eigenvalue weighted by atomic mass is 16.2. The SMILES string of the molecule is CNCc1ccccc1CN(CC(=O)Nc1ccc2c(c1)CC1(C2)C(=O)Nc2ncccc21)C(=O)C1CCN(C(C)=O)CC1. The molecular weight excluding hydrogens is 556 g/mol. The molecule has 0 bridgehead atoms. The van der Waals surface area contributed by atoms with Gasteiger partial charge < -0.3 is 25.8 Å². The normalized spacial score (nSPS) is 19.0. The molecule has 10 nitrogen and oxygen atoms in total.